The third kappa shape index (κ3) is 3.98. The number of hydrogen-bond acceptors (Lipinski definition) is 3. The van der Waals surface area contributed by atoms with Crippen LogP contribution in [0, 0.1) is 6.92 Å². The fraction of sp³-hybridized carbons (Fsp3) is 0.333. The third-order valence-electron chi connectivity index (χ3n) is 1.96. The van der Waals surface area contributed by atoms with Crippen molar-refractivity contribution in [3.05, 3.63) is 29.8 Å². The quantitative estimate of drug-likeness (QED) is 0.661. The Morgan fingerprint density at radius 3 is 2.29 bits per heavy atom. The second kappa shape index (κ2) is 5.30. The van der Waals surface area contributed by atoms with E-state index in [0.717, 1.165) is 0 Å². The Balaban J connectivity index is 3.03. The number of aliphatic hydroxyl groups is 1. The highest BCUT2D eigenvalue weighted by atomic mass is 35.6. The highest BCUT2D eigenvalue weighted by Gasteiger charge is 2.34. The summed E-state index contributed by atoms with van der Waals surface area (Å²) in [5.41, 5.74) is 0.525. The molecule has 0 spiro atoms. The molecule has 0 aliphatic heterocycles. The van der Waals surface area contributed by atoms with E-state index < -0.39 is 20.0 Å². The SMILES string of the molecule is Cc1ccccc1S(=O)(=O)N[C@H](O)C(Cl)(Cl)Cl. The first-order chi connectivity index (χ1) is 7.64. The van der Waals surface area contributed by atoms with Gasteiger partial charge in [-0.25, -0.2) is 8.42 Å². The van der Waals surface area contributed by atoms with Gasteiger partial charge in [0, 0.05) is 0 Å². The molecule has 4 nitrogen and oxygen atoms in total. The van der Waals surface area contributed by atoms with E-state index in [1.807, 2.05) is 4.72 Å². The summed E-state index contributed by atoms with van der Waals surface area (Å²) in [6.07, 6.45) is -1.82. The van der Waals surface area contributed by atoms with Gasteiger partial charge in [-0.3, -0.25) is 0 Å². The molecule has 96 valence electrons. The summed E-state index contributed by atoms with van der Waals surface area (Å²) < 4.78 is 23.5. The van der Waals surface area contributed by atoms with Crippen LogP contribution in [0.3, 0.4) is 0 Å². The van der Waals surface area contributed by atoms with Crippen molar-refractivity contribution in [1.82, 2.24) is 4.72 Å². The van der Waals surface area contributed by atoms with Gasteiger partial charge in [0.2, 0.25) is 13.8 Å². The largest absolute Gasteiger partial charge is 0.373 e. The first-order valence-electron chi connectivity index (χ1n) is 4.47. The average molecular weight is 319 g/mol. The Labute approximate surface area is 115 Å². The fourth-order valence-electron chi connectivity index (χ4n) is 1.14. The topological polar surface area (TPSA) is 66.4 Å². The molecule has 8 heteroatoms. The van der Waals surface area contributed by atoms with Crippen molar-refractivity contribution in [2.24, 2.45) is 0 Å². The number of halogens is 3. The lowest BCUT2D eigenvalue weighted by Gasteiger charge is -2.20. The summed E-state index contributed by atoms with van der Waals surface area (Å²) in [5, 5.41) is 9.39. The van der Waals surface area contributed by atoms with Crippen molar-refractivity contribution in [1.29, 1.82) is 0 Å². The van der Waals surface area contributed by atoms with Crippen molar-refractivity contribution in [3.63, 3.8) is 0 Å². The Morgan fingerprint density at radius 2 is 1.82 bits per heavy atom. The van der Waals surface area contributed by atoms with Crippen LogP contribution in [0.25, 0.3) is 0 Å². The molecule has 17 heavy (non-hydrogen) atoms. The minimum absolute atomic E-state index is 0.0216. The highest BCUT2D eigenvalue weighted by Crippen LogP contribution is 2.30. The van der Waals surface area contributed by atoms with E-state index in [4.69, 9.17) is 34.8 Å². The van der Waals surface area contributed by atoms with Crippen molar-refractivity contribution in [2.75, 3.05) is 0 Å². The maximum Gasteiger partial charge on any atom is 0.243 e. The standard InChI is InChI=1S/C9H10Cl3NO3S/c1-6-4-2-3-5-7(6)17(15,16)13-8(14)9(10,11)12/h2-5,8,13-14H,1H3/t8-/m1/s1. The number of nitrogens with one attached hydrogen (secondary N) is 1. The van der Waals surface area contributed by atoms with Crippen LogP contribution in [0.1, 0.15) is 5.56 Å². The molecule has 0 saturated carbocycles. The normalized spacial score (nSPS) is 14.6. The fourth-order valence-corrected chi connectivity index (χ4v) is 2.84. The van der Waals surface area contributed by atoms with Crippen molar-refractivity contribution >= 4 is 44.8 Å². The van der Waals surface area contributed by atoms with Gasteiger partial charge >= 0.3 is 0 Å². The minimum Gasteiger partial charge on any atom is -0.373 e. The number of rotatable bonds is 3. The predicted molar refractivity (Wildman–Crippen MR) is 67.8 cm³/mol. The van der Waals surface area contributed by atoms with Crippen LogP contribution in [0.2, 0.25) is 0 Å². The average Bonchev–Trinajstić information content (AvgIpc) is 2.15. The Hall–Kier alpha value is -0.0400. The lowest BCUT2D eigenvalue weighted by molar-refractivity contribution is 0.167. The number of sulfonamides is 1. The summed E-state index contributed by atoms with van der Waals surface area (Å²) in [6, 6.07) is 6.27. The molecule has 0 amide bonds. The van der Waals surface area contributed by atoms with E-state index in [-0.39, 0.29) is 4.90 Å². The molecule has 0 radical (unpaired) electrons. The van der Waals surface area contributed by atoms with Gasteiger partial charge in [-0.2, -0.15) is 4.72 Å². The van der Waals surface area contributed by atoms with Crippen molar-refractivity contribution in [3.8, 4) is 0 Å². The van der Waals surface area contributed by atoms with E-state index in [1.165, 1.54) is 6.07 Å². The van der Waals surface area contributed by atoms with Crippen LogP contribution in [-0.4, -0.2) is 23.5 Å². The number of hydrogen-bond donors (Lipinski definition) is 2. The Bertz CT molecular complexity index is 498. The van der Waals surface area contributed by atoms with Crippen LogP contribution < -0.4 is 4.72 Å². The van der Waals surface area contributed by atoms with Gasteiger partial charge in [-0.05, 0) is 18.6 Å². The van der Waals surface area contributed by atoms with Crippen molar-refractivity contribution in [2.45, 2.75) is 21.8 Å². The summed E-state index contributed by atoms with van der Waals surface area (Å²) in [4.78, 5) is 0.0216. The molecule has 2 N–H and O–H groups in total. The smallest absolute Gasteiger partial charge is 0.243 e. The monoisotopic (exact) mass is 317 g/mol. The Kier molecular flexibility index (Phi) is 4.68. The maximum absolute atomic E-state index is 11.9. The van der Waals surface area contributed by atoms with Crippen molar-refractivity contribution < 1.29 is 13.5 Å². The second-order valence-electron chi connectivity index (χ2n) is 3.33. The molecule has 0 heterocycles. The van der Waals surface area contributed by atoms with Gasteiger partial charge in [0.25, 0.3) is 0 Å². The van der Waals surface area contributed by atoms with Gasteiger partial charge in [0.15, 0.2) is 6.23 Å². The number of aliphatic hydroxyl groups excluding tert-OH is 1. The zero-order valence-corrected chi connectivity index (χ0v) is 11.8. The maximum atomic E-state index is 11.9. The van der Waals surface area contributed by atoms with E-state index in [9.17, 15) is 13.5 Å². The molecule has 1 atom stereocenters. The molecule has 0 unspecified atom stereocenters. The third-order valence-corrected chi connectivity index (χ3v) is 4.15. The predicted octanol–water partition coefficient (Wildman–Crippen LogP) is 1.96. The van der Waals surface area contributed by atoms with Crippen LogP contribution in [0.5, 0.6) is 0 Å². The molecule has 0 aromatic heterocycles. The molecule has 0 fully saturated rings. The van der Waals surface area contributed by atoms with Gasteiger partial charge in [-0.15, -0.1) is 0 Å². The first kappa shape index (κ1) is 15.0. The van der Waals surface area contributed by atoms with Crippen LogP contribution >= 0.6 is 34.8 Å². The number of aryl methyl sites for hydroxylation is 1. The molecular formula is C9H10Cl3NO3S. The van der Waals surface area contributed by atoms with Gasteiger partial charge in [0.05, 0.1) is 4.90 Å². The summed E-state index contributed by atoms with van der Waals surface area (Å²) in [5.74, 6) is 0. The van der Waals surface area contributed by atoms with E-state index >= 15 is 0 Å². The number of benzene rings is 1. The summed E-state index contributed by atoms with van der Waals surface area (Å²) >= 11 is 16.1. The first-order valence-corrected chi connectivity index (χ1v) is 7.09. The lowest BCUT2D eigenvalue weighted by Crippen LogP contribution is -2.43. The zero-order valence-electron chi connectivity index (χ0n) is 8.69. The van der Waals surface area contributed by atoms with Crippen LogP contribution in [-0.2, 0) is 10.0 Å². The molecule has 0 aliphatic carbocycles. The van der Waals surface area contributed by atoms with Gasteiger partial charge in [0.1, 0.15) is 0 Å². The molecule has 0 aliphatic rings. The molecule has 1 aromatic carbocycles. The Morgan fingerprint density at radius 1 is 1.29 bits per heavy atom. The molecule has 0 bridgehead atoms. The summed E-state index contributed by atoms with van der Waals surface area (Å²) in [7, 11) is -3.93. The minimum atomic E-state index is -3.93. The number of alkyl halides is 3. The molecular weight excluding hydrogens is 309 g/mol. The van der Waals surface area contributed by atoms with Crippen LogP contribution in [0.4, 0.5) is 0 Å². The lowest BCUT2D eigenvalue weighted by atomic mass is 10.2. The molecule has 1 aromatic rings. The zero-order chi connectivity index (χ0) is 13.3. The van der Waals surface area contributed by atoms with E-state index in [0.29, 0.717) is 5.56 Å². The highest BCUT2D eigenvalue weighted by molar-refractivity contribution is 7.89. The van der Waals surface area contributed by atoms with Crippen LogP contribution in [0.15, 0.2) is 29.2 Å². The summed E-state index contributed by atoms with van der Waals surface area (Å²) in [6.45, 7) is 1.62. The van der Waals surface area contributed by atoms with Gasteiger partial charge < -0.3 is 5.11 Å². The molecule has 0 saturated heterocycles. The van der Waals surface area contributed by atoms with Gasteiger partial charge in [-0.1, -0.05) is 53.0 Å². The van der Waals surface area contributed by atoms with E-state index in [2.05, 4.69) is 0 Å². The van der Waals surface area contributed by atoms with E-state index in [1.54, 1.807) is 25.1 Å². The molecule has 1 rings (SSSR count). The second-order valence-corrected chi connectivity index (χ2v) is 7.38.